The number of hydrogen-bond donors (Lipinski definition) is 0. The van der Waals surface area contributed by atoms with Crippen molar-refractivity contribution in [1.82, 2.24) is 0 Å². The van der Waals surface area contributed by atoms with Crippen LogP contribution < -0.4 is 0 Å². The summed E-state index contributed by atoms with van der Waals surface area (Å²) in [4.78, 5) is 24.8. The van der Waals surface area contributed by atoms with E-state index in [9.17, 15) is 9.59 Å². The van der Waals surface area contributed by atoms with Crippen LogP contribution in [0.2, 0.25) is 39.3 Å². The lowest BCUT2D eigenvalue weighted by Crippen LogP contribution is -2.40. The van der Waals surface area contributed by atoms with Crippen molar-refractivity contribution in [3.8, 4) is 0 Å². The lowest BCUT2D eigenvalue weighted by Gasteiger charge is -2.25. The van der Waals surface area contributed by atoms with E-state index in [4.69, 9.17) is 8.85 Å². The molecule has 0 saturated heterocycles. The molecular weight excluding hydrogens is 312 g/mol. The molecule has 1 aromatic rings. The van der Waals surface area contributed by atoms with Crippen molar-refractivity contribution in [2.45, 2.75) is 45.7 Å². The number of benzene rings is 1. The zero-order valence-corrected chi connectivity index (χ0v) is 16.3. The summed E-state index contributed by atoms with van der Waals surface area (Å²) in [5.41, 5.74) is 0.924. The second-order valence-electron chi connectivity index (χ2n) is 7.31. The molecule has 0 aliphatic heterocycles. The van der Waals surface area contributed by atoms with Crippen molar-refractivity contribution >= 4 is 28.6 Å². The van der Waals surface area contributed by atoms with E-state index in [-0.39, 0.29) is 0 Å². The number of carbonyl (C=O) groups excluding carboxylic acids is 2. The van der Waals surface area contributed by atoms with Crippen LogP contribution in [0.1, 0.15) is 5.56 Å². The molecule has 6 heteroatoms. The van der Waals surface area contributed by atoms with Crippen LogP contribution in [-0.2, 0) is 24.9 Å². The molecule has 0 fully saturated rings. The molecule has 0 atom stereocenters. The Labute approximate surface area is 135 Å². The van der Waals surface area contributed by atoms with Gasteiger partial charge in [-0.25, -0.2) is 0 Å². The Morgan fingerprint density at radius 1 is 0.864 bits per heavy atom. The van der Waals surface area contributed by atoms with Crippen LogP contribution in [0.25, 0.3) is 0 Å². The van der Waals surface area contributed by atoms with Crippen molar-refractivity contribution in [2.24, 2.45) is 5.92 Å². The highest BCUT2D eigenvalue weighted by molar-refractivity contribution is 6.72. The standard InChI is InChI=1S/C16H26O4Si2/c1-21(2,3)19-15(17)14(16(18)20-22(4,5)6)12-13-10-8-7-9-11-13/h7-11,14H,12H2,1-6H3. The summed E-state index contributed by atoms with van der Waals surface area (Å²) in [5.74, 6) is -1.82. The molecular formula is C16H26O4Si2. The highest BCUT2D eigenvalue weighted by Gasteiger charge is 2.35. The summed E-state index contributed by atoms with van der Waals surface area (Å²) < 4.78 is 11.0. The molecule has 0 aliphatic rings. The number of carbonyl (C=O) groups is 2. The summed E-state index contributed by atoms with van der Waals surface area (Å²) in [6, 6.07) is 9.48. The fourth-order valence-electron chi connectivity index (χ4n) is 1.86. The van der Waals surface area contributed by atoms with Crippen molar-refractivity contribution in [3.63, 3.8) is 0 Å². The molecule has 0 amide bonds. The van der Waals surface area contributed by atoms with E-state index in [1.807, 2.05) is 69.6 Å². The first kappa shape index (κ1) is 18.6. The fourth-order valence-corrected chi connectivity index (χ4v) is 3.35. The smallest absolute Gasteiger partial charge is 0.307 e. The maximum Gasteiger partial charge on any atom is 0.307 e. The average Bonchev–Trinajstić information content (AvgIpc) is 2.32. The van der Waals surface area contributed by atoms with Gasteiger partial charge in [-0.1, -0.05) is 30.3 Å². The molecule has 4 nitrogen and oxygen atoms in total. The van der Waals surface area contributed by atoms with Gasteiger partial charge in [0.1, 0.15) is 0 Å². The Hall–Kier alpha value is -1.41. The second kappa shape index (κ2) is 7.24. The fraction of sp³-hybridized carbons (Fsp3) is 0.500. The first-order valence-electron chi connectivity index (χ1n) is 7.47. The van der Waals surface area contributed by atoms with Crippen molar-refractivity contribution in [2.75, 3.05) is 0 Å². The Morgan fingerprint density at radius 2 is 1.27 bits per heavy atom. The molecule has 0 N–H and O–H groups in total. The number of hydrogen-bond acceptors (Lipinski definition) is 4. The van der Waals surface area contributed by atoms with E-state index in [0.29, 0.717) is 6.42 Å². The monoisotopic (exact) mass is 338 g/mol. The predicted octanol–water partition coefficient (Wildman–Crippen LogP) is 3.60. The van der Waals surface area contributed by atoms with Gasteiger partial charge >= 0.3 is 11.9 Å². The van der Waals surface area contributed by atoms with E-state index in [1.54, 1.807) is 0 Å². The molecule has 0 aliphatic carbocycles. The van der Waals surface area contributed by atoms with Gasteiger partial charge in [0, 0.05) is 0 Å². The molecule has 122 valence electrons. The Bertz CT molecular complexity index is 487. The molecule has 0 heterocycles. The van der Waals surface area contributed by atoms with Gasteiger partial charge in [0.2, 0.25) is 16.6 Å². The van der Waals surface area contributed by atoms with E-state index in [0.717, 1.165) is 5.56 Å². The molecule has 1 rings (SSSR count). The van der Waals surface area contributed by atoms with Gasteiger partial charge in [-0.05, 0) is 51.3 Å². The predicted molar refractivity (Wildman–Crippen MR) is 92.5 cm³/mol. The van der Waals surface area contributed by atoms with Crippen LogP contribution >= 0.6 is 0 Å². The topological polar surface area (TPSA) is 52.6 Å². The van der Waals surface area contributed by atoms with Gasteiger partial charge in [-0.15, -0.1) is 0 Å². The van der Waals surface area contributed by atoms with Crippen molar-refractivity contribution in [1.29, 1.82) is 0 Å². The first-order chi connectivity index (χ1) is 9.98. The lowest BCUT2D eigenvalue weighted by molar-refractivity contribution is -0.152. The minimum Gasteiger partial charge on any atom is -0.519 e. The number of rotatable bonds is 6. The minimum atomic E-state index is -2.05. The van der Waals surface area contributed by atoms with E-state index in [2.05, 4.69) is 0 Å². The summed E-state index contributed by atoms with van der Waals surface area (Å²) in [7, 11) is -4.10. The first-order valence-corrected chi connectivity index (χ1v) is 14.3. The Morgan fingerprint density at radius 3 is 1.64 bits per heavy atom. The average molecular weight is 339 g/mol. The third-order valence-corrected chi connectivity index (χ3v) is 4.29. The van der Waals surface area contributed by atoms with Crippen LogP contribution in [0.15, 0.2) is 30.3 Å². The minimum absolute atomic E-state index is 0.313. The maximum atomic E-state index is 12.4. The SMILES string of the molecule is C[Si](C)(C)OC(=O)C(Cc1ccccc1)C(=O)O[Si](C)(C)C. The van der Waals surface area contributed by atoms with Crippen molar-refractivity contribution in [3.05, 3.63) is 35.9 Å². The van der Waals surface area contributed by atoms with Crippen LogP contribution in [0.5, 0.6) is 0 Å². The molecule has 1 aromatic carbocycles. The van der Waals surface area contributed by atoms with Gasteiger partial charge in [-0.3, -0.25) is 9.59 Å². The molecule has 0 unspecified atom stereocenters. The Balaban J connectivity index is 2.94. The zero-order valence-electron chi connectivity index (χ0n) is 14.3. The van der Waals surface area contributed by atoms with Crippen LogP contribution in [-0.4, -0.2) is 28.6 Å². The van der Waals surface area contributed by atoms with Crippen molar-refractivity contribution < 1.29 is 18.4 Å². The molecule has 0 spiro atoms. The van der Waals surface area contributed by atoms with Crippen LogP contribution in [0.4, 0.5) is 0 Å². The molecule has 0 saturated carbocycles. The Kier molecular flexibility index (Phi) is 6.13. The lowest BCUT2D eigenvalue weighted by atomic mass is 10.00. The normalized spacial score (nSPS) is 12.1. The highest BCUT2D eigenvalue weighted by Crippen LogP contribution is 2.18. The third-order valence-electron chi connectivity index (χ3n) is 2.67. The molecule has 0 aromatic heterocycles. The van der Waals surface area contributed by atoms with E-state index < -0.39 is 34.5 Å². The highest BCUT2D eigenvalue weighted by atomic mass is 28.4. The van der Waals surface area contributed by atoms with Gasteiger partial charge in [0.25, 0.3) is 0 Å². The van der Waals surface area contributed by atoms with Gasteiger partial charge < -0.3 is 8.85 Å². The quantitative estimate of drug-likeness (QED) is 0.587. The van der Waals surface area contributed by atoms with E-state index in [1.165, 1.54) is 0 Å². The second-order valence-corrected chi connectivity index (χ2v) is 16.2. The third kappa shape index (κ3) is 7.04. The largest absolute Gasteiger partial charge is 0.519 e. The summed E-state index contributed by atoms with van der Waals surface area (Å²) in [5, 5.41) is 0. The maximum absolute atomic E-state index is 12.4. The molecule has 0 radical (unpaired) electrons. The summed E-state index contributed by atoms with van der Waals surface area (Å²) in [6.07, 6.45) is 0.313. The van der Waals surface area contributed by atoms with Gasteiger partial charge in [0.15, 0.2) is 5.92 Å². The zero-order chi connectivity index (χ0) is 17.0. The van der Waals surface area contributed by atoms with Crippen LogP contribution in [0, 0.1) is 5.92 Å². The molecule has 0 bridgehead atoms. The summed E-state index contributed by atoms with van der Waals surface area (Å²) in [6.45, 7) is 11.5. The molecule has 22 heavy (non-hydrogen) atoms. The summed E-state index contributed by atoms with van der Waals surface area (Å²) >= 11 is 0. The van der Waals surface area contributed by atoms with Crippen LogP contribution in [0.3, 0.4) is 0 Å². The van der Waals surface area contributed by atoms with Gasteiger partial charge in [-0.2, -0.15) is 0 Å². The van der Waals surface area contributed by atoms with E-state index >= 15 is 0 Å². The van der Waals surface area contributed by atoms with Gasteiger partial charge in [0.05, 0.1) is 0 Å².